The third kappa shape index (κ3) is 5.14. The van der Waals surface area contributed by atoms with Gasteiger partial charge in [0.1, 0.15) is 5.82 Å². The van der Waals surface area contributed by atoms with Crippen LogP contribution >= 0.6 is 0 Å². The molecule has 0 bridgehead atoms. The van der Waals surface area contributed by atoms with Crippen LogP contribution in [0, 0.1) is 0 Å². The zero-order valence-electron chi connectivity index (χ0n) is 17.1. The Morgan fingerprint density at radius 1 is 1.16 bits per heavy atom. The van der Waals surface area contributed by atoms with E-state index < -0.39 is 0 Å². The molecule has 0 saturated heterocycles. The second kappa shape index (κ2) is 9.23. The van der Waals surface area contributed by atoms with Crippen molar-refractivity contribution in [1.82, 2.24) is 19.7 Å². The summed E-state index contributed by atoms with van der Waals surface area (Å²) in [5.74, 6) is 0.885. The number of rotatable bonds is 7. The van der Waals surface area contributed by atoms with Crippen molar-refractivity contribution in [3.05, 3.63) is 67.2 Å². The molecule has 31 heavy (non-hydrogen) atoms. The van der Waals surface area contributed by atoms with E-state index in [-0.39, 0.29) is 5.91 Å². The molecule has 1 aliphatic rings. The highest BCUT2D eigenvalue weighted by Crippen LogP contribution is 2.30. The highest BCUT2D eigenvalue weighted by Gasteiger charge is 2.15. The number of nitrogens with one attached hydrogen (secondary N) is 3. The van der Waals surface area contributed by atoms with Gasteiger partial charge in [0.15, 0.2) is 0 Å². The average Bonchev–Trinajstić information content (AvgIpc) is 3.20. The van der Waals surface area contributed by atoms with Crippen molar-refractivity contribution in [3.63, 3.8) is 0 Å². The number of hydrogen-bond donors (Lipinski definition) is 3. The molecule has 158 valence electrons. The molecule has 2 aromatic heterocycles. The largest absolute Gasteiger partial charge is 0.377 e. The number of aromatic nitrogens is 4. The van der Waals surface area contributed by atoms with E-state index in [2.05, 4.69) is 38.7 Å². The van der Waals surface area contributed by atoms with E-state index in [1.54, 1.807) is 10.9 Å². The van der Waals surface area contributed by atoms with E-state index in [9.17, 15) is 4.79 Å². The summed E-state index contributed by atoms with van der Waals surface area (Å²) in [6.07, 6.45) is 9.44. The molecule has 0 unspecified atom stereocenters. The van der Waals surface area contributed by atoms with Crippen molar-refractivity contribution in [2.24, 2.45) is 7.05 Å². The maximum absolute atomic E-state index is 11.5. The number of amides is 1. The molecule has 0 aliphatic carbocycles. The Bertz CT molecular complexity index is 1120. The van der Waals surface area contributed by atoms with Gasteiger partial charge in [-0.1, -0.05) is 12.7 Å². The first-order valence-corrected chi connectivity index (χ1v) is 9.81. The molecule has 4 rings (SSSR count). The molecule has 3 N–H and O–H groups in total. The number of aryl methyl sites for hydroxylation is 1. The Kier molecular flexibility index (Phi) is 6.04. The predicted octanol–water partition coefficient (Wildman–Crippen LogP) is 3.63. The lowest BCUT2D eigenvalue weighted by atomic mass is 10.0. The van der Waals surface area contributed by atoms with Crippen molar-refractivity contribution in [2.75, 3.05) is 29.2 Å². The van der Waals surface area contributed by atoms with E-state index >= 15 is 0 Å². The van der Waals surface area contributed by atoms with Crippen LogP contribution in [0.5, 0.6) is 0 Å². The number of carbonyl (C=O) groups excluding carboxylic acids is 1. The SMILES string of the molecule is C=CC(=O)Nc1ccc(Nc2nc(Nc3cnn(C)c3)ncc2C2=CCOCC2)cc1. The number of carbonyl (C=O) groups is 1. The zero-order chi connectivity index (χ0) is 21.6. The Morgan fingerprint density at radius 3 is 2.65 bits per heavy atom. The second-order valence-electron chi connectivity index (χ2n) is 6.93. The lowest BCUT2D eigenvalue weighted by Crippen LogP contribution is -2.09. The minimum Gasteiger partial charge on any atom is -0.377 e. The summed E-state index contributed by atoms with van der Waals surface area (Å²) in [5.41, 5.74) is 4.37. The number of benzene rings is 1. The third-order valence-corrected chi connectivity index (χ3v) is 4.66. The van der Waals surface area contributed by atoms with Gasteiger partial charge in [0.2, 0.25) is 11.9 Å². The number of ether oxygens (including phenoxy) is 1. The standard InChI is InChI=1S/C22H23N7O2/c1-3-20(30)25-16-4-6-17(7-5-16)26-21-19(15-8-10-31-11-9-15)13-23-22(28-21)27-18-12-24-29(2)14-18/h3-8,12-14H,1,9-11H2,2H3,(H,25,30)(H2,23,26,27,28). The molecule has 1 aromatic carbocycles. The molecule has 0 spiro atoms. The average molecular weight is 417 g/mol. The predicted molar refractivity (Wildman–Crippen MR) is 120 cm³/mol. The minimum atomic E-state index is -0.253. The summed E-state index contributed by atoms with van der Waals surface area (Å²) in [5, 5.41) is 13.4. The Morgan fingerprint density at radius 2 is 1.97 bits per heavy atom. The van der Waals surface area contributed by atoms with Gasteiger partial charge in [-0.2, -0.15) is 10.1 Å². The molecule has 1 amide bonds. The second-order valence-corrected chi connectivity index (χ2v) is 6.93. The fourth-order valence-electron chi connectivity index (χ4n) is 3.13. The van der Waals surface area contributed by atoms with Gasteiger partial charge in [-0.25, -0.2) is 4.98 Å². The summed E-state index contributed by atoms with van der Waals surface area (Å²) in [4.78, 5) is 20.7. The van der Waals surface area contributed by atoms with Gasteiger partial charge in [0.25, 0.3) is 0 Å². The molecule has 3 aromatic rings. The summed E-state index contributed by atoms with van der Waals surface area (Å²) < 4.78 is 7.14. The van der Waals surface area contributed by atoms with Gasteiger partial charge < -0.3 is 20.7 Å². The molecule has 9 heteroatoms. The monoisotopic (exact) mass is 417 g/mol. The van der Waals surface area contributed by atoms with Gasteiger partial charge in [-0.05, 0) is 42.3 Å². The molecular weight excluding hydrogens is 394 g/mol. The first-order chi connectivity index (χ1) is 15.1. The van der Waals surface area contributed by atoms with Crippen LogP contribution < -0.4 is 16.0 Å². The van der Waals surface area contributed by atoms with Crippen LogP contribution in [0.25, 0.3) is 5.57 Å². The molecule has 9 nitrogen and oxygen atoms in total. The summed E-state index contributed by atoms with van der Waals surface area (Å²) in [7, 11) is 1.85. The van der Waals surface area contributed by atoms with Crippen LogP contribution in [0.3, 0.4) is 0 Å². The highest BCUT2D eigenvalue weighted by atomic mass is 16.5. The van der Waals surface area contributed by atoms with Crippen molar-refractivity contribution in [2.45, 2.75) is 6.42 Å². The van der Waals surface area contributed by atoms with Crippen molar-refractivity contribution in [1.29, 1.82) is 0 Å². The minimum absolute atomic E-state index is 0.253. The van der Waals surface area contributed by atoms with E-state index in [0.29, 0.717) is 30.7 Å². The van der Waals surface area contributed by atoms with Gasteiger partial charge in [-0.15, -0.1) is 0 Å². The molecule has 0 radical (unpaired) electrons. The van der Waals surface area contributed by atoms with Crippen molar-refractivity contribution in [3.8, 4) is 0 Å². The lowest BCUT2D eigenvalue weighted by Gasteiger charge is -2.18. The maximum atomic E-state index is 11.5. The van der Waals surface area contributed by atoms with Crippen molar-refractivity contribution < 1.29 is 9.53 Å². The molecule has 0 atom stereocenters. The first-order valence-electron chi connectivity index (χ1n) is 9.81. The van der Waals surface area contributed by atoms with E-state index in [0.717, 1.165) is 28.9 Å². The van der Waals surface area contributed by atoms with Crippen LogP contribution in [0.15, 0.2) is 61.6 Å². The maximum Gasteiger partial charge on any atom is 0.247 e. The molecule has 0 saturated carbocycles. The molecule has 1 aliphatic heterocycles. The van der Waals surface area contributed by atoms with Crippen LogP contribution in [0.2, 0.25) is 0 Å². The topological polar surface area (TPSA) is 106 Å². The molecule has 0 fully saturated rings. The van der Waals surface area contributed by atoms with Gasteiger partial charge in [0, 0.05) is 36.4 Å². The third-order valence-electron chi connectivity index (χ3n) is 4.66. The van der Waals surface area contributed by atoms with Gasteiger partial charge >= 0.3 is 0 Å². The summed E-state index contributed by atoms with van der Waals surface area (Å²) >= 11 is 0. The zero-order valence-corrected chi connectivity index (χ0v) is 17.1. The van der Waals surface area contributed by atoms with Crippen molar-refractivity contribution >= 4 is 40.3 Å². The number of anilines is 5. The summed E-state index contributed by atoms with van der Waals surface area (Å²) in [6, 6.07) is 7.37. The van der Waals surface area contributed by atoms with E-state index in [4.69, 9.17) is 9.72 Å². The smallest absolute Gasteiger partial charge is 0.247 e. The van der Waals surface area contributed by atoms with E-state index in [1.165, 1.54) is 6.08 Å². The van der Waals surface area contributed by atoms with E-state index in [1.807, 2.05) is 43.7 Å². The van der Waals surface area contributed by atoms with Crippen LogP contribution in [-0.4, -0.2) is 38.9 Å². The Balaban J connectivity index is 1.61. The molecule has 3 heterocycles. The van der Waals surface area contributed by atoms with Crippen LogP contribution in [0.4, 0.5) is 28.8 Å². The van der Waals surface area contributed by atoms with Crippen LogP contribution in [-0.2, 0) is 16.6 Å². The van der Waals surface area contributed by atoms with Gasteiger partial charge in [0.05, 0.1) is 25.1 Å². The van der Waals surface area contributed by atoms with Gasteiger partial charge in [-0.3, -0.25) is 9.48 Å². The lowest BCUT2D eigenvalue weighted by molar-refractivity contribution is -0.111. The molecular formula is C22H23N7O2. The quantitative estimate of drug-likeness (QED) is 0.504. The number of nitrogens with zero attached hydrogens (tertiary/aromatic N) is 4. The summed E-state index contributed by atoms with van der Waals surface area (Å²) in [6.45, 7) is 4.70. The first kappa shape index (κ1) is 20.3. The fourth-order valence-corrected chi connectivity index (χ4v) is 3.13. The normalized spacial score (nSPS) is 13.3. The Labute approximate surface area is 179 Å². The fraction of sp³-hybridized carbons (Fsp3) is 0.182. The van der Waals surface area contributed by atoms with Crippen LogP contribution in [0.1, 0.15) is 12.0 Å². The Hall–Kier alpha value is -3.98. The highest BCUT2D eigenvalue weighted by molar-refractivity contribution is 5.99. The number of hydrogen-bond acceptors (Lipinski definition) is 7.